The normalized spacial score (nSPS) is 13.6. The highest BCUT2D eigenvalue weighted by Crippen LogP contribution is 2.28. The van der Waals surface area contributed by atoms with Gasteiger partial charge in [-0.15, -0.1) is 11.3 Å². The highest BCUT2D eigenvalue weighted by molar-refractivity contribution is 7.14. The topological polar surface area (TPSA) is 74.8 Å². The number of benzene rings is 1. The predicted molar refractivity (Wildman–Crippen MR) is 98.3 cm³/mol. The molecule has 5 nitrogen and oxygen atoms in total. The fourth-order valence-corrected chi connectivity index (χ4v) is 3.95. The Morgan fingerprint density at radius 1 is 1.24 bits per heavy atom. The molecule has 1 amide bonds. The lowest BCUT2D eigenvalue weighted by molar-refractivity contribution is 0.0971. The van der Waals surface area contributed by atoms with Crippen LogP contribution >= 0.6 is 11.3 Å². The number of aromatic nitrogens is 2. The smallest absolute Gasteiger partial charge is 0.274 e. The predicted octanol–water partition coefficient (Wildman–Crippen LogP) is 4.22. The Labute approximate surface area is 149 Å². The molecule has 0 spiro atoms. The Kier molecular flexibility index (Phi) is 3.97. The van der Waals surface area contributed by atoms with E-state index >= 15 is 0 Å². The number of nitrogens with zero attached hydrogens (tertiary/aromatic N) is 1. The fraction of sp³-hybridized carbons (Fsp3) is 0.211. The van der Waals surface area contributed by atoms with Gasteiger partial charge in [-0.2, -0.15) is 0 Å². The van der Waals surface area contributed by atoms with Gasteiger partial charge in [0, 0.05) is 28.6 Å². The standard InChI is InChI=1S/C19H17N3O2S/c1-11-16-13(8-5-9-15(16)23)20-17(11)18(24)22-19-21-14(10-25-19)12-6-3-2-4-7-12/h2-4,6-7,10,20H,5,8-9H2,1H3,(H,21,22,24). The quantitative estimate of drug-likeness (QED) is 0.742. The number of anilines is 1. The molecule has 6 heteroatoms. The fourth-order valence-electron chi connectivity index (χ4n) is 3.23. The molecule has 25 heavy (non-hydrogen) atoms. The van der Waals surface area contributed by atoms with Gasteiger partial charge < -0.3 is 4.98 Å². The Bertz CT molecular complexity index is 956. The van der Waals surface area contributed by atoms with Gasteiger partial charge in [0.25, 0.3) is 5.91 Å². The monoisotopic (exact) mass is 351 g/mol. The summed E-state index contributed by atoms with van der Waals surface area (Å²) in [6.07, 6.45) is 2.20. The van der Waals surface area contributed by atoms with E-state index in [1.54, 1.807) is 0 Å². The maximum absolute atomic E-state index is 12.6. The molecular formula is C19H17N3O2S. The van der Waals surface area contributed by atoms with Crippen LogP contribution in [0.25, 0.3) is 11.3 Å². The van der Waals surface area contributed by atoms with E-state index in [-0.39, 0.29) is 11.7 Å². The largest absolute Gasteiger partial charge is 0.354 e. The van der Waals surface area contributed by atoms with E-state index in [2.05, 4.69) is 15.3 Å². The number of aryl methyl sites for hydroxylation is 1. The average Bonchev–Trinajstić information content (AvgIpc) is 3.21. The maximum atomic E-state index is 12.6. The molecular weight excluding hydrogens is 334 g/mol. The number of rotatable bonds is 3. The van der Waals surface area contributed by atoms with E-state index in [1.165, 1.54) is 11.3 Å². The number of H-pyrrole nitrogens is 1. The molecule has 0 aliphatic heterocycles. The van der Waals surface area contributed by atoms with Crippen LogP contribution in [0.1, 0.15) is 44.9 Å². The Hall–Kier alpha value is -2.73. The van der Waals surface area contributed by atoms with Crippen molar-refractivity contribution < 1.29 is 9.59 Å². The number of nitrogens with one attached hydrogen (secondary N) is 2. The second-order valence-corrected chi connectivity index (χ2v) is 6.97. The van der Waals surface area contributed by atoms with Crippen LogP contribution in [0.3, 0.4) is 0 Å². The molecule has 0 atom stereocenters. The number of amides is 1. The first-order valence-corrected chi connectivity index (χ1v) is 9.08. The second kappa shape index (κ2) is 6.29. The van der Waals surface area contributed by atoms with Crippen molar-refractivity contribution in [1.29, 1.82) is 0 Å². The van der Waals surface area contributed by atoms with Crippen LogP contribution in [0.4, 0.5) is 5.13 Å². The number of thiazole rings is 1. The summed E-state index contributed by atoms with van der Waals surface area (Å²) in [6, 6.07) is 9.83. The first-order valence-electron chi connectivity index (χ1n) is 8.20. The lowest BCUT2D eigenvalue weighted by Gasteiger charge is -2.09. The highest BCUT2D eigenvalue weighted by atomic mass is 32.1. The van der Waals surface area contributed by atoms with Crippen LogP contribution in [0.5, 0.6) is 0 Å². The highest BCUT2D eigenvalue weighted by Gasteiger charge is 2.26. The number of carbonyl (C=O) groups is 2. The van der Waals surface area contributed by atoms with E-state index in [0.29, 0.717) is 22.8 Å². The molecule has 1 aromatic carbocycles. The molecule has 0 saturated heterocycles. The molecule has 0 fully saturated rings. The van der Waals surface area contributed by atoms with Crippen molar-refractivity contribution in [3.05, 3.63) is 58.2 Å². The zero-order valence-corrected chi connectivity index (χ0v) is 14.6. The van der Waals surface area contributed by atoms with Gasteiger partial charge in [0.15, 0.2) is 10.9 Å². The van der Waals surface area contributed by atoms with Gasteiger partial charge in [-0.25, -0.2) is 4.98 Å². The van der Waals surface area contributed by atoms with E-state index < -0.39 is 0 Å². The molecule has 2 heterocycles. The molecule has 4 rings (SSSR count). The molecule has 0 radical (unpaired) electrons. The second-order valence-electron chi connectivity index (χ2n) is 6.11. The van der Waals surface area contributed by atoms with Gasteiger partial charge in [0.2, 0.25) is 0 Å². The van der Waals surface area contributed by atoms with E-state index in [4.69, 9.17) is 0 Å². The number of carbonyl (C=O) groups excluding carboxylic acids is 2. The third kappa shape index (κ3) is 2.89. The summed E-state index contributed by atoms with van der Waals surface area (Å²) in [5, 5.41) is 5.30. The van der Waals surface area contributed by atoms with Crippen LogP contribution in [-0.2, 0) is 6.42 Å². The number of hydrogen-bond acceptors (Lipinski definition) is 4. The average molecular weight is 351 g/mol. The summed E-state index contributed by atoms with van der Waals surface area (Å²) in [5.41, 5.74) is 4.60. The number of fused-ring (bicyclic) bond motifs is 1. The Morgan fingerprint density at radius 3 is 2.80 bits per heavy atom. The summed E-state index contributed by atoms with van der Waals surface area (Å²) >= 11 is 1.38. The van der Waals surface area contributed by atoms with Crippen molar-refractivity contribution in [2.45, 2.75) is 26.2 Å². The van der Waals surface area contributed by atoms with Crippen LogP contribution < -0.4 is 5.32 Å². The van der Waals surface area contributed by atoms with Gasteiger partial charge in [0.1, 0.15) is 5.69 Å². The van der Waals surface area contributed by atoms with Crippen LogP contribution in [0.2, 0.25) is 0 Å². The molecule has 0 saturated carbocycles. The summed E-state index contributed by atoms with van der Waals surface area (Å²) in [4.78, 5) is 32.3. The number of hydrogen-bond donors (Lipinski definition) is 2. The first kappa shape index (κ1) is 15.8. The van der Waals surface area contributed by atoms with Crippen molar-refractivity contribution in [2.75, 3.05) is 5.32 Å². The maximum Gasteiger partial charge on any atom is 0.274 e. The van der Waals surface area contributed by atoms with Crippen LogP contribution in [0, 0.1) is 6.92 Å². The molecule has 1 aliphatic rings. The SMILES string of the molecule is Cc1c(C(=O)Nc2nc(-c3ccccc3)cs2)[nH]c2c1C(=O)CCC2. The van der Waals surface area contributed by atoms with Crippen molar-refractivity contribution in [3.63, 3.8) is 0 Å². The van der Waals surface area contributed by atoms with Crippen molar-refractivity contribution >= 4 is 28.2 Å². The van der Waals surface area contributed by atoms with Crippen molar-refractivity contribution in [2.24, 2.45) is 0 Å². The Balaban J connectivity index is 1.57. The number of aromatic amines is 1. The summed E-state index contributed by atoms with van der Waals surface area (Å²) in [6.45, 7) is 1.82. The van der Waals surface area contributed by atoms with Crippen molar-refractivity contribution in [1.82, 2.24) is 9.97 Å². The minimum absolute atomic E-state index is 0.120. The third-order valence-electron chi connectivity index (χ3n) is 4.46. The zero-order valence-electron chi connectivity index (χ0n) is 13.8. The number of ketones is 1. The molecule has 0 unspecified atom stereocenters. The molecule has 0 bridgehead atoms. The summed E-state index contributed by atoms with van der Waals surface area (Å²) < 4.78 is 0. The van der Waals surface area contributed by atoms with Gasteiger partial charge in [-0.1, -0.05) is 30.3 Å². The van der Waals surface area contributed by atoms with Gasteiger partial charge in [-0.05, 0) is 25.3 Å². The molecule has 126 valence electrons. The van der Waals surface area contributed by atoms with Crippen LogP contribution in [0.15, 0.2) is 35.7 Å². The van der Waals surface area contributed by atoms with Gasteiger partial charge in [-0.3, -0.25) is 14.9 Å². The van der Waals surface area contributed by atoms with Gasteiger partial charge >= 0.3 is 0 Å². The molecule has 2 aromatic heterocycles. The minimum Gasteiger partial charge on any atom is -0.354 e. The van der Waals surface area contributed by atoms with Gasteiger partial charge in [0.05, 0.1) is 5.69 Å². The van der Waals surface area contributed by atoms with Crippen molar-refractivity contribution in [3.8, 4) is 11.3 Å². The summed E-state index contributed by atoms with van der Waals surface area (Å²) in [7, 11) is 0. The summed E-state index contributed by atoms with van der Waals surface area (Å²) in [5.74, 6) is -0.136. The Morgan fingerprint density at radius 2 is 2.04 bits per heavy atom. The lowest BCUT2D eigenvalue weighted by atomic mass is 9.94. The third-order valence-corrected chi connectivity index (χ3v) is 5.22. The van der Waals surface area contributed by atoms with Crippen LogP contribution in [-0.4, -0.2) is 21.7 Å². The molecule has 1 aliphatic carbocycles. The van der Waals surface area contributed by atoms with E-state index in [0.717, 1.165) is 35.4 Å². The molecule has 3 aromatic rings. The first-order chi connectivity index (χ1) is 12.1. The van der Waals surface area contributed by atoms with E-state index in [1.807, 2.05) is 42.6 Å². The lowest BCUT2D eigenvalue weighted by Crippen LogP contribution is -2.13. The minimum atomic E-state index is -0.256. The zero-order chi connectivity index (χ0) is 17.4. The number of Topliss-reactive ketones (excluding diaryl/α,β-unsaturated/α-hetero) is 1. The van der Waals surface area contributed by atoms with E-state index in [9.17, 15) is 9.59 Å². The molecule has 2 N–H and O–H groups in total.